The quantitative estimate of drug-likeness (QED) is 0.492. The minimum atomic E-state index is -0.265. The van der Waals surface area contributed by atoms with Gasteiger partial charge in [-0.25, -0.2) is 14.4 Å². The summed E-state index contributed by atoms with van der Waals surface area (Å²) < 4.78 is 17.7. The second-order valence-corrected chi connectivity index (χ2v) is 8.06. The molecule has 3 aromatic heterocycles. The van der Waals surface area contributed by atoms with Crippen LogP contribution in [0.4, 0.5) is 4.39 Å². The third-order valence-electron chi connectivity index (χ3n) is 4.98. The van der Waals surface area contributed by atoms with E-state index >= 15 is 0 Å². The van der Waals surface area contributed by atoms with Crippen LogP contribution in [0.5, 0.6) is 0 Å². The molecule has 144 valence electrons. The fraction of sp³-hybridized carbons (Fsp3) is 0.238. The van der Waals surface area contributed by atoms with Crippen molar-refractivity contribution in [3.8, 4) is 11.1 Å². The van der Waals surface area contributed by atoms with Gasteiger partial charge in [-0.1, -0.05) is 6.08 Å². The number of nitrogens with zero attached hydrogens (tertiary/aromatic N) is 3. The predicted octanol–water partition coefficient (Wildman–Crippen LogP) is 5.17. The number of nitrogens with one attached hydrogen (secondary N) is 1. The van der Waals surface area contributed by atoms with Crippen LogP contribution in [0.25, 0.3) is 32.6 Å². The van der Waals surface area contributed by atoms with Crippen molar-refractivity contribution >= 4 is 45.2 Å². The molecule has 7 heteroatoms. The number of fused-ring (bicyclic) bond motifs is 2. The molecule has 28 heavy (non-hydrogen) atoms. The summed E-state index contributed by atoms with van der Waals surface area (Å²) >= 11 is 1.57. The van der Waals surface area contributed by atoms with Crippen LogP contribution in [-0.4, -0.2) is 27.5 Å². The van der Waals surface area contributed by atoms with Gasteiger partial charge in [0.25, 0.3) is 0 Å². The van der Waals surface area contributed by atoms with Gasteiger partial charge in [-0.05, 0) is 67.3 Å². The van der Waals surface area contributed by atoms with E-state index in [4.69, 9.17) is 0 Å². The summed E-state index contributed by atoms with van der Waals surface area (Å²) in [6, 6.07) is 5.71. The molecule has 0 saturated carbocycles. The average molecular weight is 415 g/mol. The zero-order valence-electron chi connectivity index (χ0n) is 15.6. The Morgan fingerprint density at radius 2 is 1.96 bits per heavy atom. The van der Waals surface area contributed by atoms with Crippen molar-refractivity contribution in [3.05, 3.63) is 58.8 Å². The zero-order valence-corrected chi connectivity index (χ0v) is 17.3. The number of halogens is 2. The van der Waals surface area contributed by atoms with Crippen LogP contribution in [0.2, 0.25) is 0 Å². The van der Waals surface area contributed by atoms with E-state index in [1.165, 1.54) is 5.57 Å². The smallest absolute Gasteiger partial charge is 0.150 e. The normalized spacial score (nSPS) is 14.3. The number of imidazole rings is 1. The van der Waals surface area contributed by atoms with Gasteiger partial charge in [0.15, 0.2) is 5.82 Å². The van der Waals surface area contributed by atoms with Crippen molar-refractivity contribution in [1.29, 1.82) is 0 Å². The molecule has 5 rings (SSSR count). The maximum absolute atomic E-state index is 14.8. The van der Waals surface area contributed by atoms with E-state index in [-0.39, 0.29) is 18.2 Å². The molecular weight excluding hydrogens is 395 g/mol. The molecule has 0 radical (unpaired) electrons. The Morgan fingerprint density at radius 3 is 2.75 bits per heavy atom. The molecule has 4 aromatic rings. The third kappa shape index (κ3) is 3.21. The average Bonchev–Trinajstić information content (AvgIpc) is 3.26. The number of pyridine rings is 1. The molecule has 0 fully saturated rings. The van der Waals surface area contributed by atoms with Crippen LogP contribution in [0.1, 0.15) is 22.7 Å². The lowest BCUT2D eigenvalue weighted by molar-refractivity contribution is 0.637. The molecule has 0 bridgehead atoms. The predicted molar refractivity (Wildman–Crippen MR) is 116 cm³/mol. The molecule has 0 saturated heterocycles. The molecule has 0 unspecified atom stereocenters. The van der Waals surface area contributed by atoms with E-state index in [1.54, 1.807) is 17.4 Å². The van der Waals surface area contributed by atoms with E-state index in [0.717, 1.165) is 57.2 Å². The maximum atomic E-state index is 14.8. The molecular formula is C21H20ClFN4S. The fourth-order valence-corrected chi connectivity index (χ4v) is 4.75. The Labute approximate surface area is 172 Å². The highest BCUT2D eigenvalue weighted by atomic mass is 35.5. The molecule has 1 aliphatic rings. The van der Waals surface area contributed by atoms with E-state index in [9.17, 15) is 4.39 Å². The van der Waals surface area contributed by atoms with Crippen LogP contribution >= 0.6 is 23.7 Å². The second kappa shape index (κ2) is 7.28. The largest absolute Gasteiger partial charge is 0.313 e. The summed E-state index contributed by atoms with van der Waals surface area (Å²) in [6.07, 6.45) is 7.10. The van der Waals surface area contributed by atoms with Gasteiger partial charge in [-0.3, -0.25) is 0 Å². The number of aryl methyl sites for hydroxylation is 2. The van der Waals surface area contributed by atoms with Gasteiger partial charge in [-0.2, -0.15) is 0 Å². The van der Waals surface area contributed by atoms with Gasteiger partial charge < -0.3 is 9.72 Å². The lowest BCUT2D eigenvalue weighted by Crippen LogP contribution is -2.19. The molecule has 4 heterocycles. The van der Waals surface area contributed by atoms with Crippen LogP contribution in [0.3, 0.4) is 0 Å². The Balaban J connectivity index is 0.00000192. The summed E-state index contributed by atoms with van der Waals surface area (Å²) in [5.41, 5.74) is 6.51. The highest BCUT2D eigenvalue weighted by Crippen LogP contribution is 2.34. The van der Waals surface area contributed by atoms with Crippen molar-refractivity contribution in [2.75, 3.05) is 13.1 Å². The van der Waals surface area contributed by atoms with Gasteiger partial charge in [0, 0.05) is 18.9 Å². The Bertz CT molecular complexity index is 1220. The zero-order chi connectivity index (χ0) is 18.5. The molecule has 1 aliphatic heterocycles. The van der Waals surface area contributed by atoms with E-state index < -0.39 is 0 Å². The first-order chi connectivity index (χ1) is 13.1. The van der Waals surface area contributed by atoms with E-state index in [1.807, 2.05) is 36.7 Å². The van der Waals surface area contributed by atoms with Crippen LogP contribution in [0.15, 0.2) is 36.7 Å². The van der Waals surface area contributed by atoms with Gasteiger partial charge in [-0.15, -0.1) is 23.7 Å². The summed E-state index contributed by atoms with van der Waals surface area (Å²) in [5.74, 6) is -0.265. The highest BCUT2D eigenvalue weighted by Gasteiger charge is 2.16. The minimum Gasteiger partial charge on any atom is -0.313 e. The summed E-state index contributed by atoms with van der Waals surface area (Å²) in [6.45, 7) is 5.81. The van der Waals surface area contributed by atoms with Crippen LogP contribution in [-0.2, 0) is 0 Å². The lowest BCUT2D eigenvalue weighted by atomic mass is 10.1. The maximum Gasteiger partial charge on any atom is 0.150 e. The SMILES string of the molecule is Cc1cn2cc(-c3cc(F)c4nc(C5=CCNCC5)sc4c3)cc(C)c2n1.Cl. The number of aromatic nitrogens is 3. The Kier molecular flexibility index (Phi) is 4.95. The first kappa shape index (κ1) is 19.1. The molecule has 1 N–H and O–H groups in total. The number of rotatable bonds is 2. The first-order valence-corrected chi connectivity index (χ1v) is 9.87. The molecule has 0 atom stereocenters. The number of hydrogen-bond acceptors (Lipinski definition) is 4. The summed E-state index contributed by atoms with van der Waals surface area (Å²) in [5, 5.41) is 4.23. The van der Waals surface area contributed by atoms with Crippen molar-refractivity contribution in [3.63, 3.8) is 0 Å². The first-order valence-electron chi connectivity index (χ1n) is 9.05. The number of benzene rings is 1. The van der Waals surface area contributed by atoms with E-state index in [2.05, 4.69) is 27.4 Å². The second-order valence-electron chi connectivity index (χ2n) is 7.03. The van der Waals surface area contributed by atoms with Gasteiger partial charge in [0.1, 0.15) is 16.2 Å². The summed E-state index contributed by atoms with van der Waals surface area (Å²) in [7, 11) is 0. The van der Waals surface area contributed by atoms with Crippen LogP contribution in [0, 0.1) is 19.7 Å². The monoisotopic (exact) mass is 414 g/mol. The Morgan fingerprint density at radius 1 is 1.11 bits per heavy atom. The van der Waals surface area contributed by atoms with Gasteiger partial charge in [0.05, 0.1) is 10.4 Å². The number of hydrogen-bond donors (Lipinski definition) is 1. The molecule has 1 aromatic carbocycles. The lowest BCUT2D eigenvalue weighted by Gasteiger charge is -2.10. The summed E-state index contributed by atoms with van der Waals surface area (Å²) in [4.78, 5) is 9.11. The third-order valence-corrected chi connectivity index (χ3v) is 6.05. The van der Waals surface area contributed by atoms with Crippen molar-refractivity contribution in [2.24, 2.45) is 0 Å². The van der Waals surface area contributed by atoms with Gasteiger partial charge >= 0.3 is 0 Å². The Hall–Kier alpha value is -2.28. The molecule has 0 spiro atoms. The highest BCUT2D eigenvalue weighted by molar-refractivity contribution is 7.19. The van der Waals surface area contributed by atoms with Crippen molar-refractivity contribution < 1.29 is 4.39 Å². The molecule has 0 aliphatic carbocycles. The topological polar surface area (TPSA) is 42.2 Å². The minimum absolute atomic E-state index is 0. The van der Waals surface area contributed by atoms with Crippen molar-refractivity contribution in [2.45, 2.75) is 20.3 Å². The number of thiazole rings is 1. The molecule has 4 nitrogen and oxygen atoms in total. The van der Waals surface area contributed by atoms with Crippen molar-refractivity contribution in [1.82, 2.24) is 19.7 Å². The fourth-order valence-electron chi connectivity index (χ4n) is 3.66. The van der Waals surface area contributed by atoms with E-state index in [0.29, 0.717) is 5.52 Å². The molecule has 0 amide bonds. The standard InChI is InChI=1S/C21H19FN4S.ClH/c1-12-7-16(11-26-10-13(2)24-20(12)26)15-8-17(22)19-18(9-15)27-21(25-19)14-3-5-23-6-4-14;/h3,7-11,23H,4-6H2,1-2H3;1H. The van der Waals surface area contributed by atoms with Gasteiger partial charge in [0.2, 0.25) is 0 Å². The van der Waals surface area contributed by atoms with Crippen LogP contribution < -0.4 is 5.32 Å².